The number of carboxylic acid groups (broad SMARTS) is 1. The molecule has 0 saturated heterocycles. The molecule has 0 amide bonds. The third-order valence-electron chi connectivity index (χ3n) is 2.83. The first-order valence-corrected chi connectivity index (χ1v) is 7.12. The fourth-order valence-electron chi connectivity index (χ4n) is 1.87. The van der Waals surface area contributed by atoms with Crippen LogP contribution < -0.4 is 5.56 Å². The smallest absolute Gasteiger partial charge is 0.398 e. The fraction of sp³-hybridized carbons (Fsp3) is 0.231. The Morgan fingerprint density at radius 3 is 2.57 bits per heavy atom. The summed E-state index contributed by atoms with van der Waals surface area (Å²) in [7, 11) is 0. The van der Waals surface area contributed by atoms with E-state index in [0.29, 0.717) is 16.4 Å². The third-order valence-corrected chi connectivity index (χ3v) is 4.05. The first-order valence-electron chi connectivity index (χ1n) is 6.14. The van der Waals surface area contributed by atoms with Crippen molar-refractivity contribution < 1.29 is 27.5 Å². The lowest BCUT2D eigenvalue weighted by molar-refractivity contribution is -0.105. The summed E-state index contributed by atoms with van der Waals surface area (Å²) in [4.78, 5) is 22.5. The number of carbonyl (C=O) groups is 1. The maximum Gasteiger partial charge on any atom is 0.398 e. The van der Waals surface area contributed by atoms with E-state index in [9.17, 15) is 27.2 Å². The van der Waals surface area contributed by atoms with Crippen LogP contribution in [0.4, 0.5) is 17.6 Å². The number of hydrogen-bond donors (Lipinski definition) is 2. The number of nitrogens with one attached hydrogen (secondary N) is 1. The van der Waals surface area contributed by atoms with Gasteiger partial charge in [0, 0.05) is 11.0 Å². The van der Waals surface area contributed by atoms with Crippen LogP contribution in [0, 0.1) is 12.7 Å². The molecule has 2 N–H and O–H groups in total. The molecule has 2 aromatic rings. The van der Waals surface area contributed by atoms with E-state index in [4.69, 9.17) is 5.11 Å². The average molecular weight is 350 g/mol. The monoisotopic (exact) mass is 350 g/mol. The second-order valence-electron chi connectivity index (χ2n) is 4.62. The number of aromatic amines is 1. The Labute approximate surface area is 130 Å². The zero-order valence-electron chi connectivity index (χ0n) is 11.6. The standard InChI is InChI=1S/C13H10F4N2O3S/c1-6-2-7(14)8(3-10(6)23-5-13(15,16)17)19-9(12(21)22)4-11(20)18-19/h2-4H,5H2,1H3,(H,18,20)(H,21,22). The number of benzene rings is 1. The van der Waals surface area contributed by atoms with Gasteiger partial charge in [-0.25, -0.2) is 13.9 Å². The third kappa shape index (κ3) is 3.95. The van der Waals surface area contributed by atoms with Crippen molar-refractivity contribution in [3.8, 4) is 5.69 Å². The van der Waals surface area contributed by atoms with Gasteiger partial charge in [0.25, 0.3) is 5.56 Å². The zero-order valence-corrected chi connectivity index (χ0v) is 12.4. The number of thioether (sulfide) groups is 1. The molecular formula is C13H10F4N2O3S. The predicted molar refractivity (Wildman–Crippen MR) is 74.8 cm³/mol. The number of rotatable bonds is 4. The van der Waals surface area contributed by atoms with E-state index in [2.05, 4.69) is 5.10 Å². The molecule has 0 unspecified atom stereocenters. The van der Waals surface area contributed by atoms with Gasteiger partial charge in [-0.1, -0.05) is 0 Å². The topological polar surface area (TPSA) is 75.1 Å². The van der Waals surface area contributed by atoms with Gasteiger partial charge in [-0.05, 0) is 24.6 Å². The van der Waals surface area contributed by atoms with Crippen molar-refractivity contribution in [2.45, 2.75) is 18.0 Å². The highest BCUT2D eigenvalue weighted by molar-refractivity contribution is 7.99. The van der Waals surface area contributed by atoms with E-state index in [0.717, 1.165) is 18.2 Å². The Balaban J connectivity index is 2.51. The minimum Gasteiger partial charge on any atom is -0.477 e. The SMILES string of the molecule is Cc1cc(F)c(-n2[nH]c(=O)cc2C(=O)O)cc1SCC(F)(F)F. The first kappa shape index (κ1) is 17.1. The van der Waals surface area contributed by atoms with Crippen LogP contribution >= 0.6 is 11.8 Å². The van der Waals surface area contributed by atoms with Gasteiger partial charge in [0.1, 0.15) is 11.5 Å². The Bertz CT molecular complexity index is 811. The van der Waals surface area contributed by atoms with E-state index in [1.165, 1.54) is 6.92 Å². The molecule has 5 nitrogen and oxygen atoms in total. The molecule has 10 heteroatoms. The minimum absolute atomic E-state index is 0.129. The van der Waals surface area contributed by atoms with Crippen LogP contribution in [-0.4, -0.2) is 32.8 Å². The summed E-state index contributed by atoms with van der Waals surface area (Å²) in [5, 5.41) is 11.1. The van der Waals surface area contributed by atoms with Crippen molar-refractivity contribution in [1.29, 1.82) is 0 Å². The molecular weight excluding hydrogens is 340 g/mol. The number of hydrogen-bond acceptors (Lipinski definition) is 3. The number of aromatic nitrogens is 2. The number of aryl methyl sites for hydroxylation is 1. The van der Waals surface area contributed by atoms with Crippen molar-refractivity contribution in [3.63, 3.8) is 0 Å². The fourth-order valence-corrected chi connectivity index (χ4v) is 2.67. The molecule has 1 aromatic carbocycles. The molecule has 2 rings (SSSR count). The van der Waals surface area contributed by atoms with Crippen LogP contribution in [0.1, 0.15) is 16.1 Å². The normalized spacial score (nSPS) is 11.7. The van der Waals surface area contributed by atoms with Crippen LogP contribution in [0.15, 0.2) is 27.9 Å². The van der Waals surface area contributed by atoms with E-state index >= 15 is 0 Å². The Morgan fingerprint density at radius 1 is 1.35 bits per heavy atom. The Morgan fingerprint density at radius 2 is 2.00 bits per heavy atom. The molecule has 23 heavy (non-hydrogen) atoms. The van der Waals surface area contributed by atoms with Crippen molar-refractivity contribution in [2.75, 3.05) is 5.75 Å². The van der Waals surface area contributed by atoms with Gasteiger partial charge in [0.05, 0.1) is 5.75 Å². The summed E-state index contributed by atoms with van der Waals surface area (Å²) in [6.07, 6.45) is -4.40. The molecule has 124 valence electrons. The number of alkyl halides is 3. The Kier molecular flexibility index (Phi) is 4.55. The van der Waals surface area contributed by atoms with Gasteiger partial charge in [-0.2, -0.15) is 13.2 Å². The molecule has 0 aliphatic heterocycles. The molecule has 0 bridgehead atoms. The van der Waals surface area contributed by atoms with Crippen molar-refractivity contribution in [3.05, 3.63) is 45.6 Å². The number of H-pyrrole nitrogens is 1. The summed E-state index contributed by atoms with van der Waals surface area (Å²) >= 11 is 0.448. The summed E-state index contributed by atoms with van der Waals surface area (Å²) in [6, 6.07) is 2.81. The maximum absolute atomic E-state index is 14.1. The molecule has 0 spiro atoms. The predicted octanol–water partition coefficient (Wildman–Crippen LogP) is 2.97. The second-order valence-corrected chi connectivity index (χ2v) is 5.64. The van der Waals surface area contributed by atoms with Gasteiger partial charge < -0.3 is 5.11 Å². The van der Waals surface area contributed by atoms with Crippen LogP contribution in [0.25, 0.3) is 5.69 Å². The first-order chi connectivity index (χ1) is 10.6. The second kappa shape index (κ2) is 6.11. The number of nitrogens with zero attached hydrogens (tertiary/aromatic N) is 1. The van der Waals surface area contributed by atoms with E-state index < -0.39 is 35.0 Å². The van der Waals surface area contributed by atoms with Crippen LogP contribution in [0.2, 0.25) is 0 Å². The summed E-state index contributed by atoms with van der Waals surface area (Å²) < 4.78 is 51.7. The van der Waals surface area contributed by atoms with E-state index in [-0.39, 0.29) is 16.1 Å². The highest BCUT2D eigenvalue weighted by Gasteiger charge is 2.28. The largest absolute Gasteiger partial charge is 0.477 e. The molecule has 0 aliphatic carbocycles. The molecule has 0 saturated carbocycles. The van der Waals surface area contributed by atoms with Gasteiger partial charge in [-0.15, -0.1) is 11.8 Å². The van der Waals surface area contributed by atoms with Gasteiger partial charge in [0.2, 0.25) is 0 Å². The number of halogens is 4. The molecule has 0 atom stereocenters. The van der Waals surface area contributed by atoms with Crippen molar-refractivity contribution in [2.24, 2.45) is 0 Å². The summed E-state index contributed by atoms with van der Waals surface area (Å²) in [5.41, 5.74) is -1.37. The lowest BCUT2D eigenvalue weighted by Gasteiger charge is -2.13. The molecule has 0 aliphatic rings. The van der Waals surface area contributed by atoms with Crippen LogP contribution in [0.5, 0.6) is 0 Å². The maximum atomic E-state index is 14.1. The van der Waals surface area contributed by atoms with Crippen LogP contribution in [0.3, 0.4) is 0 Å². The number of aromatic carboxylic acids is 1. The van der Waals surface area contributed by atoms with E-state index in [1.807, 2.05) is 0 Å². The highest BCUT2D eigenvalue weighted by Crippen LogP contribution is 2.32. The number of carboxylic acids is 1. The average Bonchev–Trinajstić information content (AvgIpc) is 2.78. The summed E-state index contributed by atoms with van der Waals surface area (Å²) in [5.74, 6) is -3.52. The molecule has 1 heterocycles. The van der Waals surface area contributed by atoms with Crippen molar-refractivity contribution in [1.82, 2.24) is 9.78 Å². The van der Waals surface area contributed by atoms with E-state index in [1.54, 1.807) is 0 Å². The lowest BCUT2D eigenvalue weighted by Crippen LogP contribution is -2.12. The molecule has 0 radical (unpaired) electrons. The minimum atomic E-state index is -4.40. The highest BCUT2D eigenvalue weighted by atomic mass is 32.2. The van der Waals surface area contributed by atoms with Gasteiger partial charge in [0.15, 0.2) is 5.69 Å². The Hall–Kier alpha value is -2.23. The molecule has 1 aromatic heterocycles. The van der Waals surface area contributed by atoms with Crippen molar-refractivity contribution >= 4 is 17.7 Å². The zero-order chi connectivity index (χ0) is 17.4. The lowest BCUT2D eigenvalue weighted by atomic mass is 10.2. The van der Waals surface area contributed by atoms with Crippen LogP contribution in [-0.2, 0) is 0 Å². The van der Waals surface area contributed by atoms with Gasteiger partial charge >= 0.3 is 12.1 Å². The summed E-state index contributed by atoms with van der Waals surface area (Å²) in [6.45, 7) is 1.43. The van der Waals surface area contributed by atoms with Gasteiger partial charge in [-0.3, -0.25) is 9.89 Å². The quantitative estimate of drug-likeness (QED) is 0.657. The molecule has 0 fully saturated rings.